The first-order valence-corrected chi connectivity index (χ1v) is 8.60. The topological polar surface area (TPSA) is 59.6 Å². The number of rotatable bonds is 4. The highest BCUT2D eigenvalue weighted by Gasteiger charge is 2.15. The van der Waals surface area contributed by atoms with E-state index < -0.39 is 0 Å². The van der Waals surface area contributed by atoms with Crippen LogP contribution in [-0.2, 0) is 11.3 Å². The molecule has 0 aromatic heterocycles. The molecule has 1 aliphatic rings. The van der Waals surface area contributed by atoms with E-state index in [-0.39, 0.29) is 5.91 Å². The average Bonchev–Trinajstić information content (AvgIpc) is 2.78. The number of hydrogen-bond donors (Lipinski definition) is 2. The van der Waals surface area contributed by atoms with Gasteiger partial charge >= 0.3 is 0 Å². The van der Waals surface area contributed by atoms with Crippen molar-refractivity contribution >= 4 is 33.2 Å². The van der Waals surface area contributed by atoms with Gasteiger partial charge in [-0.15, -0.1) is 0 Å². The number of carbonyl (C=O) groups is 1. The summed E-state index contributed by atoms with van der Waals surface area (Å²) in [6, 6.07) is 11.6. The molecule has 2 N–H and O–H groups in total. The highest BCUT2D eigenvalue weighted by molar-refractivity contribution is 9.10. The van der Waals surface area contributed by atoms with Crippen molar-refractivity contribution in [3.63, 3.8) is 0 Å². The normalized spacial score (nSPS) is 13.1. The third kappa shape index (κ3) is 4.20. The second kappa shape index (κ2) is 7.57. The molecule has 0 radical (unpaired) electrons. The van der Waals surface area contributed by atoms with Crippen LogP contribution in [0.4, 0.5) is 11.4 Å². The predicted molar refractivity (Wildman–Crippen MR) is 97.8 cm³/mol. The zero-order valence-electron chi connectivity index (χ0n) is 13.4. The lowest BCUT2D eigenvalue weighted by atomic mass is 10.2. The third-order valence-corrected chi connectivity index (χ3v) is 4.13. The van der Waals surface area contributed by atoms with E-state index in [9.17, 15) is 4.79 Å². The van der Waals surface area contributed by atoms with Crippen molar-refractivity contribution in [2.24, 2.45) is 0 Å². The van der Waals surface area contributed by atoms with Gasteiger partial charge in [-0.2, -0.15) is 0 Å². The largest absolute Gasteiger partial charge is 0.490 e. The molecule has 0 bridgehead atoms. The molecule has 0 fully saturated rings. The molecule has 5 nitrogen and oxygen atoms in total. The Bertz CT molecular complexity index is 749. The summed E-state index contributed by atoms with van der Waals surface area (Å²) in [4.78, 5) is 11.1. The van der Waals surface area contributed by atoms with E-state index in [0.717, 1.165) is 39.3 Å². The van der Waals surface area contributed by atoms with E-state index >= 15 is 0 Å². The fraction of sp³-hybridized carbons (Fsp3) is 0.278. The summed E-state index contributed by atoms with van der Waals surface area (Å²) >= 11 is 3.55. The molecule has 1 heterocycles. The summed E-state index contributed by atoms with van der Waals surface area (Å²) < 4.78 is 12.4. The van der Waals surface area contributed by atoms with Gasteiger partial charge in [0, 0.05) is 31.3 Å². The first-order chi connectivity index (χ1) is 11.6. The summed E-state index contributed by atoms with van der Waals surface area (Å²) in [5, 5.41) is 6.13. The highest BCUT2D eigenvalue weighted by Crippen LogP contribution is 2.38. The summed E-state index contributed by atoms with van der Waals surface area (Å²) in [5.74, 6) is 1.45. The molecule has 0 unspecified atom stereocenters. The zero-order chi connectivity index (χ0) is 16.9. The minimum absolute atomic E-state index is 0.0843. The van der Waals surface area contributed by atoms with Gasteiger partial charge in [-0.3, -0.25) is 4.79 Å². The molecule has 6 heteroatoms. The van der Waals surface area contributed by atoms with E-state index in [1.165, 1.54) is 6.92 Å². The van der Waals surface area contributed by atoms with E-state index in [1.54, 1.807) is 0 Å². The number of benzene rings is 2. The van der Waals surface area contributed by atoms with E-state index in [1.807, 2.05) is 36.4 Å². The smallest absolute Gasteiger partial charge is 0.221 e. The molecule has 2 aromatic rings. The van der Waals surface area contributed by atoms with E-state index in [0.29, 0.717) is 19.8 Å². The number of anilines is 2. The van der Waals surface area contributed by atoms with Crippen molar-refractivity contribution in [2.75, 3.05) is 23.8 Å². The molecule has 24 heavy (non-hydrogen) atoms. The molecule has 1 aliphatic heterocycles. The van der Waals surface area contributed by atoms with Crippen LogP contribution in [0.5, 0.6) is 11.5 Å². The summed E-state index contributed by atoms with van der Waals surface area (Å²) in [7, 11) is 0. The Morgan fingerprint density at radius 3 is 2.79 bits per heavy atom. The number of hydrogen-bond acceptors (Lipinski definition) is 4. The summed E-state index contributed by atoms with van der Waals surface area (Å²) in [6.45, 7) is 3.46. The van der Waals surface area contributed by atoms with Gasteiger partial charge in [0.25, 0.3) is 0 Å². The second-order valence-corrected chi connectivity index (χ2v) is 6.43. The van der Waals surface area contributed by atoms with Crippen molar-refractivity contribution in [2.45, 2.75) is 19.9 Å². The van der Waals surface area contributed by atoms with Crippen LogP contribution < -0.4 is 20.1 Å². The van der Waals surface area contributed by atoms with E-state index in [4.69, 9.17) is 9.47 Å². The van der Waals surface area contributed by atoms with Gasteiger partial charge in [0.1, 0.15) is 0 Å². The van der Waals surface area contributed by atoms with Crippen molar-refractivity contribution in [1.29, 1.82) is 0 Å². The Morgan fingerprint density at radius 1 is 1.17 bits per heavy atom. The number of ether oxygens (including phenoxy) is 2. The average molecular weight is 391 g/mol. The van der Waals surface area contributed by atoms with Crippen LogP contribution in [0, 0.1) is 0 Å². The van der Waals surface area contributed by atoms with Crippen molar-refractivity contribution in [1.82, 2.24) is 0 Å². The monoisotopic (exact) mass is 390 g/mol. The van der Waals surface area contributed by atoms with Crippen LogP contribution in [0.3, 0.4) is 0 Å². The van der Waals surface area contributed by atoms with Gasteiger partial charge in [-0.1, -0.05) is 6.07 Å². The molecular formula is C18H19BrN2O3. The van der Waals surface area contributed by atoms with Crippen LogP contribution in [0.25, 0.3) is 0 Å². The summed E-state index contributed by atoms with van der Waals surface area (Å²) in [5.41, 5.74) is 2.79. The molecule has 1 amide bonds. The number of amides is 1. The molecule has 0 spiro atoms. The number of nitrogens with one attached hydrogen (secondary N) is 2. The fourth-order valence-electron chi connectivity index (χ4n) is 2.50. The fourth-order valence-corrected chi connectivity index (χ4v) is 3.10. The van der Waals surface area contributed by atoms with Crippen LogP contribution in [0.2, 0.25) is 0 Å². The first-order valence-electron chi connectivity index (χ1n) is 7.81. The molecule has 0 atom stereocenters. The third-order valence-electron chi connectivity index (χ3n) is 3.54. The van der Waals surface area contributed by atoms with E-state index in [2.05, 4.69) is 26.6 Å². The quantitative estimate of drug-likeness (QED) is 0.821. The molecule has 0 saturated heterocycles. The molecule has 0 saturated carbocycles. The van der Waals surface area contributed by atoms with Gasteiger partial charge in [0.05, 0.1) is 17.7 Å². The number of fused-ring (bicyclic) bond motifs is 1. The molecule has 126 valence electrons. The lowest BCUT2D eigenvalue weighted by molar-refractivity contribution is -0.114. The first kappa shape index (κ1) is 16.6. The maximum atomic E-state index is 11.1. The van der Waals surface area contributed by atoms with Gasteiger partial charge in [-0.25, -0.2) is 0 Å². The molecule has 2 aromatic carbocycles. The number of halogens is 1. The Kier molecular flexibility index (Phi) is 5.25. The summed E-state index contributed by atoms with van der Waals surface area (Å²) in [6.07, 6.45) is 0.880. The number of carbonyl (C=O) groups excluding carboxylic acids is 1. The van der Waals surface area contributed by atoms with Crippen molar-refractivity contribution < 1.29 is 14.3 Å². The second-order valence-electron chi connectivity index (χ2n) is 5.57. The Hall–Kier alpha value is -2.21. The maximum absolute atomic E-state index is 11.1. The predicted octanol–water partition coefficient (Wildman–Crippen LogP) is 4.18. The lowest BCUT2D eigenvalue weighted by Gasteiger charge is -2.13. The standard InChI is InChI=1S/C18H19BrN2O3/c1-12(22)21-15-5-2-4-14(10-15)20-11-13-8-16(19)18-17(9-13)23-6-3-7-24-18/h2,4-5,8-10,20H,3,6-7,11H2,1H3,(H,21,22). The van der Waals surface area contributed by atoms with Gasteiger partial charge < -0.3 is 20.1 Å². The van der Waals surface area contributed by atoms with Gasteiger partial charge in [0.15, 0.2) is 11.5 Å². The van der Waals surface area contributed by atoms with Gasteiger partial charge in [-0.05, 0) is 51.8 Å². The van der Waals surface area contributed by atoms with Crippen LogP contribution >= 0.6 is 15.9 Å². The van der Waals surface area contributed by atoms with Crippen LogP contribution in [0.1, 0.15) is 18.9 Å². The molecule has 3 rings (SSSR count). The van der Waals surface area contributed by atoms with Crippen molar-refractivity contribution in [3.8, 4) is 11.5 Å². The molecule has 0 aliphatic carbocycles. The zero-order valence-corrected chi connectivity index (χ0v) is 15.0. The highest BCUT2D eigenvalue weighted by atomic mass is 79.9. The maximum Gasteiger partial charge on any atom is 0.221 e. The Labute approximate surface area is 149 Å². The Morgan fingerprint density at radius 2 is 1.96 bits per heavy atom. The van der Waals surface area contributed by atoms with Gasteiger partial charge in [0.2, 0.25) is 5.91 Å². The Balaban J connectivity index is 1.72. The van der Waals surface area contributed by atoms with Crippen LogP contribution in [-0.4, -0.2) is 19.1 Å². The minimum Gasteiger partial charge on any atom is -0.490 e. The minimum atomic E-state index is -0.0843. The SMILES string of the molecule is CC(=O)Nc1cccc(NCc2cc(Br)c3c(c2)OCCCO3)c1. The van der Waals surface area contributed by atoms with Crippen LogP contribution in [0.15, 0.2) is 40.9 Å². The lowest BCUT2D eigenvalue weighted by Crippen LogP contribution is -2.06. The van der Waals surface area contributed by atoms with Crippen molar-refractivity contribution in [3.05, 3.63) is 46.4 Å². The molecular weight excluding hydrogens is 372 g/mol.